The van der Waals surface area contributed by atoms with Crippen molar-refractivity contribution >= 4 is 16.1 Å². The topological polar surface area (TPSA) is 110 Å². The normalized spacial score (nSPS) is 39.0. The number of hydrogen-bond acceptors (Lipinski definition) is 6. The first-order chi connectivity index (χ1) is 8.96. The van der Waals surface area contributed by atoms with Crippen LogP contribution in [0.5, 0.6) is 0 Å². The van der Waals surface area contributed by atoms with Gasteiger partial charge < -0.3 is 14.6 Å². The zero-order chi connectivity index (χ0) is 15.4. The standard InChI is InChI=1S/C12H20O7S/c1-10(2)11(3)4-5-12(10,19-8(11)13)9(14)18-6-7-20(15,16)17/h8,13H,4-7H2,1-3H3,(H,15,16,17). The number of carbonyl (C=O) groups is 1. The van der Waals surface area contributed by atoms with Gasteiger partial charge in [-0.25, -0.2) is 4.79 Å². The van der Waals surface area contributed by atoms with E-state index in [1.165, 1.54) is 0 Å². The third kappa shape index (κ3) is 1.97. The molecular weight excluding hydrogens is 288 g/mol. The maximum Gasteiger partial charge on any atom is 0.339 e. The monoisotopic (exact) mass is 308 g/mol. The molecule has 2 rings (SSSR count). The quantitative estimate of drug-likeness (QED) is 0.569. The molecule has 0 aromatic heterocycles. The van der Waals surface area contributed by atoms with E-state index >= 15 is 0 Å². The van der Waals surface area contributed by atoms with Crippen LogP contribution < -0.4 is 0 Å². The van der Waals surface area contributed by atoms with Crippen molar-refractivity contribution < 1.29 is 32.3 Å². The van der Waals surface area contributed by atoms with Gasteiger partial charge in [0.15, 0.2) is 11.9 Å². The average molecular weight is 308 g/mol. The summed E-state index contributed by atoms with van der Waals surface area (Å²) >= 11 is 0. The van der Waals surface area contributed by atoms with Gasteiger partial charge in [-0.3, -0.25) is 4.55 Å². The second kappa shape index (κ2) is 4.40. The van der Waals surface area contributed by atoms with E-state index in [-0.39, 0.29) is 0 Å². The van der Waals surface area contributed by atoms with Crippen molar-refractivity contribution in [2.45, 2.75) is 45.5 Å². The molecule has 1 heterocycles. The minimum absolute atomic E-state index is 0.415. The van der Waals surface area contributed by atoms with Crippen molar-refractivity contribution in [2.75, 3.05) is 12.4 Å². The number of aliphatic hydroxyl groups is 1. The van der Waals surface area contributed by atoms with Gasteiger partial charge in [0.2, 0.25) is 0 Å². The van der Waals surface area contributed by atoms with Gasteiger partial charge in [0.05, 0.1) is 0 Å². The number of fused-ring (bicyclic) bond motifs is 2. The molecule has 8 heteroatoms. The summed E-state index contributed by atoms with van der Waals surface area (Å²) in [5.41, 5.74) is -2.44. The highest BCUT2D eigenvalue weighted by Crippen LogP contribution is 2.67. The zero-order valence-electron chi connectivity index (χ0n) is 11.7. The minimum atomic E-state index is -4.18. The highest BCUT2D eigenvalue weighted by atomic mass is 32.2. The van der Waals surface area contributed by atoms with Gasteiger partial charge in [-0.1, -0.05) is 20.8 Å². The number of carbonyl (C=O) groups excluding carboxylic acids is 1. The Balaban J connectivity index is 2.14. The molecule has 1 aliphatic heterocycles. The van der Waals surface area contributed by atoms with Crippen LogP contribution in [-0.4, -0.2) is 48.3 Å². The third-order valence-electron chi connectivity index (χ3n) is 5.20. The van der Waals surface area contributed by atoms with Crippen LogP contribution in [0.3, 0.4) is 0 Å². The molecule has 2 aliphatic rings. The number of aliphatic hydroxyl groups excluding tert-OH is 1. The van der Waals surface area contributed by atoms with Gasteiger partial charge in [0.25, 0.3) is 10.1 Å². The molecule has 0 aromatic rings. The molecule has 0 aromatic carbocycles. The molecule has 3 unspecified atom stereocenters. The fraction of sp³-hybridized carbons (Fsp3) is 0.917. The summed E-state index contributed by atoms with van der Waals surface area (Å²) < 4.78 is 40.3. The van der Waals surface area contributed by atoms with Crippen LogP contribution in [0.2, 0.25) is 0 Å². The largest absolute Gasteiger partial charge is 0.462 e. The number of rotatable bonds is 4. The molecule has 2 N–H and O–H groups in total. The second-order valence-electron chi connectivity index (χ2n) is 6.26. The minimum Gasteiger partial charge on any atom is -0.462 e. The van der Waals surface area contributed by atoms with Crippen LogP contribution in [0.1, 0.15) is 33.6 Å². The molecule has 3 atom stereocenters. The van der Waals surface area contributed by atoms with Gasteiger partial charge in [-0.05, 0) is 12.8 Å². The Labute approximate surface area is 118 Å². The Morgan fingerprint density at radius 3 is 2.35 bits per heavy atom. The van der Waals surface area contributed by atoms with Crippen molar-refractivity contribution in [2.24, 2.45) is 10.8 Å². The molecule has 7 nitrogen and oxygen atoms in total. The van der Waals surface area contributed by atoms with E-state index in [0.717, 1.165) is 0 Å². The summed E-state index contributed by atoms with van der Waals surface area (Å²) in [6, 6.07) is 0. The van der Waals surface area contributed by atoms with E-state index in [4.69, 9.17) is 14.0 Å². The second-order valence-corrected chi connectivity index (χ2v) is 7.83. The molecule has 1 aliphatic carbocycles. The summed E-state index contributed by atoms with van der Waals surface area (Å²) in [4.78, 5) is 12.3. The molecule has 20 heavy (non-hydrogen) atoms. The summed E-state index contributed by atoms with van der Waals surface area (Å²) in [5, 5.41) is 10.0. The van der Waals surface area contributed by atoms with Gasteiger partial charge in [0, 0.05) is 10.8 Å². The molecule has 0 amide bonds. The third-order valence-corrected chi connectivity index (χ3v) is 5.88. The molecule has 0 radical (unpaired) electrons. The van der Waals surface area contributed by atoms with Crippen LogP contribution in [0.25, 0.3) is 0 Å². The summed E-state index contributed by atoms with van der Waals surface area (Å²) in [6.45, 7) is 5.09. The maximum absolute atomic E-state index is 12.3. The van der Waals surface area contributed by atoms with Crippen molar-refractivity contribution in [3.05, 3.63) is 0 Å². The predicted octanol–water partition coefficient (Wildman–Crippen LogP) is 0.331. The van der Waals surface area contributed by atoms with Crippen LogP contribution in [-0.2, 0) is 24.4 Å². The van der Waals surface area contributed by atoms with E-state index in [0.29, 0.717) is 12.8 Å². The summed E-state index contributed by atoms with van der Waals surface area (Å²) in [5.74, 6) is -1.35. The van der Waals surface area contributed by atoms with Crippen molar-refractivity contribution in [1.82, 2.24) is 0 Å². The summed E-state index contributed by atoms with van der Waals surface area (Å²) in [6.07, 6.45) is -0.0207. The molecule has 0 spiro atoms. The van der Waals surface area contributed by atoms with E-state index in [2.05, 4.69) is 0 Å². The Morgan fingerprint density at radius 1 is 1.35 bits per heavy atom. The maximum atomic E-state index is 12.3. The Morgan fingerprint density at radius 2 is 1.95 bits per heavy atom. The first-order valence-electron chi connectivity index (χ1n) is 6.45. The smallest absolute Gasteiger partial charge is 0.339 e. The Kier molecular flexibility index (Phi) is 3.45. The molecular formula is C12H20O7S. The average Bonchev–Trinajstić information content (AvgIpc) is 2.57. The van der Waals surface area contributed by atoms with Crippen molar-refractivity contribution in [1.29, 1.82) is 0 Å². The van der Waals surface area contributed by atoms with Crippen LogP contribution in [0, 0.1) is 10.8 Å². The molecule has 2 fully saturated rings. The first-order valence-corrected chi connectivity index (χ1v) is 8.05. The molecule has 116 valence electrons. The van der Waals surface area contributed by atoms with Crippen LogP contribution in [0.4, 0.5) is 0 Å². The fourth-order valence-corrected chi connectivity index (χ4v) is 3.54. The Hall–Kier alpha value is -0.700. The number of hydrogen-bond donors (Lipinski definition) is 2. The van der Waals surface area contributed by atoms with Gasteiger partial charge in [-0.2, -0.15) is 8.42 Å². The lowest BCUT2D eigenvalue weighted by molar-refractivity contribution is -0.210. The van der Waals surface area contributed by atoms with Crippen molar-refractivity contribution in [3.8, 4) is 0 Å². The number of ether oxygens (including phenoxy) is 2. The lowest BCUT2D eigenvalue weighted by Gasteiger charge is -2.36. The van der Waals surface area contributed by atoms with Crippen LogP contribution in [0.15, 0.2) is 0 Å². The molecule has 1 saturated heterocycles. The lowest BCUT2D eigenvalue weighted by Crippen LogP contribution is -2.49. The SMILES string of the molecule is CC12CCC(C(=O)OCCS(=O)(=O)O)(OC1O)C2(C)C. The van der Waals surface area contributed by atoms with E-state index in [1.807, 2.05) is 20.8 Å². The van der Waals surface area contributed by atoms with Crippen molar-refractivity contribution in [3.63, 3.8) is 0 Å². The van der Waals surface area contributed by atoms with Gasteiger partial charge in [0.1, 0.15) is 12.4 Å². The van der Waals surface area contributed by atoms with E-state index < -0.39 is 51.2 Å². The van der Waals surface area contributed by atoms with E-state index in [1.54, 1.807) is 0 Å². The zero-order valence-corrected chi connectivity index (χ0v) is 12.6. The highest BCUT2D eigenvalue weighted by Gasteiger charge is 2.74. The Bertz CT molecular complexity index is 526. The number of esters is 1. The first kappa shape index (κ1) is 15.7. The summed E-state index contributed by atoms with van der Waals surface area (Å²) in [7, 11) is -4.18. The van der Waals surface area contributed by atoms with E-state index in [9.17, 15) is 18.3 Å². The molecule has 2 bridgehead atoms. The lowest BCUT2D eigenvalue weighted by atomic mass is 9.66. The van der Waals surface area contributed by atoms with Gasteiger partial charge >= 0.3 is 5.97 Å². The molecule has 1 saturated carbocycles. The van der Waals surface area contributed by atoms with Crippen LogP contribution >= 0.6 is 0 Å². The predicted molar refractivity (Wildman–Crippen MR) is 68.3 cm³/mol. The fourth-order valence-electron chi connectivity index (χ4n) is 3.24. The highest BCUT2D eigenvalue weighted by molar-refractivity contribution is 7.85. The van der Waals surface area contributed by atoms with Gasteiger partial charge in [-0.15, -0.1) is 0 Å².